The normalized spacial score (nSPS) is 19.6. The molecular formula is C12H16FN3O2. The molecule has 2 rings (SSSR count). The van der Waals surface area contributed by atoms with Crippen LogP contribution < -0.4 is 4.90 Å². The van der Waals surface area contributed by atoms with Crippen LogP contribution in [0.1, 0.15) is 6.42 Å². The lowest BCUT2D eigenvalue weighted by Gasteiger charge is -2.22. The summed E-state index contributed by atoms with van der Waals surface area (Å²) in [6.45, 7) is 1.53. The van der Waals surface area contributed by atoms with E-state index in [-0.39, 0.29) is 5.69 Å². The van der Waals surface area contributed by atoms with Crippen molar-refractivity contribution in [1.29, 1.82) is 0 Å². The van der Waals surface area contributed by atoms with Crippen molar-refractivity contribution < 1.29 is 9.31 Å². The molecule has 0 unspecified atom stereocenters. The van der Waals surface area contributed by atoms with E-state index in [1.54, 1.807) is 0 Å². The highest BCUT2D eigenvalue weighted by atomic mass is 19.1. The van der Waals surface area contributed by atoms with Gasteiger partial charge < -0.3 is 9.80 Å². The number of halogens is 1. The molecule has 1 aromatic carbocycles. The van der Waals surface area contributed by atoms with E-state index in [9.17, 15) is 14.5 Å². The zero-order valence-electron chi connectivity index (χ0n) is 10.5. The molecule has 0 saturated carbocycles. The number of non-ortho nitro benzene ring substituents is 1. The molecule has 1 aliphatic heterocycles. The molecule has 1 heterocycles. The fourth-order valence-electron chi connectivity index (χ4n) is 2.25. The fraction of sp³-hybridized carbons (Fsp3) is 0.500. The van der Waals surface area contributed by atoms with E-state index < -0.39 is 10.7 Å². The molecule has 0 spiro atoms. The highest BCUT2D eigenvalue weighted by Crippen LogP contribution is 2.27. The lowest BCUT2D eigenvalue weighted by Crippen LogP contribution is -2.31. The molecule has 1 saturated heterocycles. The number of nitro benzene ring substituents is 1. The van der Waals surface area contributed by atoms with Gasteiger partial charge in [0.25, 0.3) is 5.69 Å². The van der Waals surface area contributed by atoms with Crippen molar-refractivity contribution in [2.75, 3.05) is 32.1 Å². The summed E-state index contributed by atoms with van der Waals surface area (Å²) in [5.41, 5.74) is 0.240. The third kappa shape index (κ3) is 2.43. The number of anilines is 1. The van der Waals surface area contributed by atoms with E-state index in [1.807, 2.05) is 19.0 Å². The Morgan fingerprint density at radius 3 is 2.72 bits per heavy atom. The highest BCUT2D eigenvalue weighted by Gasteiger charge is 2.26. The molecule has 1 aliphatic rings. The molecule has 6 heteroatoms. The Morgan fingerprint density at radius 1 is 1.50 bits per heavy atom. The minimum Gasteiger partial charge on any atom is -0.368 e. The lowest BCUT2D eigenvalue weighted by molar-refractivity contribution is -0.385. The summed E-state index contributed by atoms with van der Waals surface area (Å²) < 4.78 is 13.8. The average molecular weight is 253 g/mol. The quantitative estimate of drug-likeness (QED) is 0.609. The summed E-state index contributed by atoms with van der Waals surface area (Å²) in [7, 11) is 4.00. The van der Waals surface area contributed by atoms with Gasteiger partial charge in [-0.3, -0.25) is 10.1 Å². The first-order chi connectivity index (χ1) is 8.49. The lowest BCUT2D eigenvalue weighted by atomic mass is 10.2. The van der Waals surface area contributed by atoms with Gasteiger partial charge in [-0.2, -0.15) is 0 Å². The summed E-state index contributed by atoms with van der Waals surface area (Å²) >= 11 is 0. The average Bonchev–Trinajstić information content (AvgIpc) is 2.78. The molecule has 0 aromatic heterocycles. The Hall–Kier alpha value is -1.69. The van der Waals surface area contributed by atoms with Crippen LogP contribution >= 0.6 is 0 Å². The predicted octanol–water partition coefficient (Wildman–Crippen LogP) is 1.87. The smallest absolute Gasteiger partial charge is 0.272 e. The monoisotopic (exact) mass is 253 g/mol. The molecule has 98 valence electrons. The largest absolute Gasteiger partial charge is 0.368 e. The second-order valence-electron chi connectivity index (χ2n) is 4.74. The molecule has 1 atom stereocenters. The van der Waals surface area contributed by atoms with E-state index >= 15 is 0 Å². The van der Waals surface area contributed by atoms with Gasteiger partial charge in [0.05, 0.1) is 16.7 Å². The topological polar surface area (TPSA) is 49.6 Å². The molecule has 0 bridgehead atoms. The molecule has 0 N–H and O–H groups in total. The maximum Gasteiger partial charge on any atom is 0.272 e. The van der Waals surface area contributed by atoms with Gasteiger partial charge in [0, 0.05) is 25.2 Å². The van der Waals surface area contributed by atoms with Crippen LogP contribution in [0.15, 0.2) is 18.2 Å². The fourth-order valence-corrected chi connectivity index (χ4v) is 2.25. The minimum absolute atomic E-state index is 0.209. The van der Waals surface area contributed by atoms with Crippen LogP contribution in [-0.2, 0) is 0 Å². The van der Waals surface area contributed by atoms with Crippen molar-refractivity contribution in [3.05, 3.63) is 34.1 Å². The summed E-state index contributed by atoms with van der Waals surface area (Å²) in [4.78, 5) is 14.0. The number of hydrogen-bond acceptors (Lipinski definition) is 4. The van der Waals surface area contributed by atoms with Gasteiger partial charge in [0.1, 0.15) is 0 Å². The molecule has 1 aromatic rings. The van der Waals surface area contributed by atoms with Crippen LogP contribution in [0.2, 0.25) is 0 Å². The molecule has 5 nitrogen and oxygen atoms in total. The van der Waals surface area contributed by atoms with Crippen molar-refractivity contribution in [3.63, 3.8) is 0 Å². The van der Waals surface area contributed by atoms with Crippen LogP contribution in [0.25, 0.3) is 0 Å². The zero-order chi connectivity index (χ0) is 13.3. The third-order valence-corrected chi connectivity index (χ3v) is 3.38. The maximum atomic E-state index is 13.8. The van der Waals surface area contributed by atoms with Crippen molar-refractivity contribution in [1.82, 2.24) is 4.90 Å². The van der Waals surface area contributed by atoms with E-state index in [2.05, 4.69) is 4.90 Å². The molecule has 18 heavy (non-hydrogen) atoms. The minimum atomic E-state index is -0.584. The summed E-state index contributed by atoms with van der Waals surface area (Å²) in [6.07, 6.45) is 0.976. The SMILES string of the molecule is CN(C)[C@H]1CCN(c2ccc([N+](=O)[O-])cc2F)C1. The Bertz CT molecular complexity index is 465. The van der Waals surface area contributed by atoms with Gasteiger partial charge in [0.15, 0.2) is 5.82 Å². The van der Waals surface area contributed by atoms with E-state index in [4.69, 9.17) is 0 Å². The van der Waals surface area contributed by atoms with Crippen LogP contribution in [0.4, 0.5) is 15.8 Å². The van der Waals surface area contributed by atoms with Gasteiger partial charge in [-0.15, -0.1) is 0 Å². The standard InChI is InChI=1S/C12H16FN3O2/c1-14(2)10-5-6-15(8-10)12-4-3-9(16(17)18)7-11(12)13/h3-4,7,10H,5-6,8H2,1-2H3/t10-/m0/s1. The number of hydrogen-bond donors (Lipinski definition) is 0. The van der Waals surface area contributed by atoms with Crippen molar-refractivity contribution in [2.45, 2.75) is 12.5 Å². The van der Waals surface area contributed by atoms with Crippen LogP contribution in [0.3, 0.4) is 0 Å². The molecular weight excluding hydrogens is 237 g/mol. The molecule has 0 radical (unpaired) electrons. The second kappa shape index (κ2) is 4.89. The van der Waals surface area contributed by atoms with Gasteiger partial charge in [-0.25, -0.2) is 4.39 Å². The summed E-state index contributed by atoms with van der Waals surface area (Å²) in [5, 5.41) is 10.5. The van der Waals surface area contributed by atoms with E-state index in [0.717, 1.165) is 25.6 Å². The summed E-state index contributed by atoms with van der Waals surface area (Å²) in [5.74, 6) is -0.524. The Morgan fingerprint density at radius 2 is 2.22 bits per heavy atom. The van der Waals surface area contributed by atoms with Gasteiger partial charge in [-0.1, -0.05) is 0 Å². The third-order valence-electron chi connectivity index (χ3n) is 3.38. The van der Waals surface area contributed by atoms with Gasteiger partial charge in [-0.05, 0) is 26.6 Å². The van der Waals surface area contributed by atoms with Crippen molar-refractivity contribution in [2.24, 2.45) is 0 Å². The van der Waals surface area contributed by atoms with E-state index in [1.165, 1.54) is 12.1 Å². The predicted molar refractivity (Wildman–Crippen MR) is 67.4 cm³/mol. The van der Waals surface area contributed by atoms with Crippen molar-refractivity contribution >= 4 is 11.4 Å². The number of likely N-dealkylation sites (N-methyl/N-ethyl adjacent to an activating group) is 1. The van der Waals surface area contributed by atoms with Crippen LogP contribution in [-0.4, -0.2) is 43.0 Å². The second-order valence-corrected chi connectivity index (χ2v) is 4.74. The first kappa shape index (κ1) is 12.8. The number of nitrogens with zero attached hydrogens (tertiary/aromatic N) is 3. The highest BCUT2D eigenvalue weighted by molar-refractivity contribution is 5.53. The molecule has 0 amide bonds. The maximum absolute atomic E-state index is 13.8. The summed E-state index contributed by atoms with van der Waals surface area (Å²) in [6, 6.07) is 4.23. The van der Waals surface area contributed by atoms with E-state index in [0.29, 0.717) is 11.7 Å². The number of benzene rings is 1. The molecule has 0 aliphatic carbocycles. The zero-order valence-corrected chi connectivity index (χ0v) is 10.5. The van der Waals surface area contributed by atoms with Gasteiger partial charge in [0.2, 0.25) is 0 Å². The first-order valence-electron chi connectivity index (χ1n) is 5.84. The van der Waals surface area contributed by atoms with Gasteiger partial charge >= 0.3 is 0 Å². The molecule has 1 fully saturated rings. The van der Waals surface area contributed by atoms with Crippen LogP contribution in [0, 0.1) is 15.9 Å². The Labute approximate surface area is 105 Å². The number of nitro groups is 1. The first-order valence-corrected chi connectivity index (χ1v) is 5.84. The Kier molecular flexibility index (Phi) is 3.47. The Balaban J connectivity index is 2.18. The van der Waals surface area contributed by atoms with Crippen LogP contribution in [0.5, 0.6) is 0 Å². The number of rotatable bonds is 3. The van der Waals surface area contributed by atoms with Crippen molar-refractivity contribution in [3.8, 4) is 0 Å².